The number of ether oxygens (including phenoxy) is 1. The Balaban J connectivity index is 1.61. The van der Waals surface area contributed by atoms with Crippen LogP contribution in [0.1, 0.15) is 13.2 Å². The molecule has 0 bridgehead atoms. The van der Waals surface area contributed by atoms with Gasteiger partial charge in [0.25, 0.3) is 5.56 Å². The molecule has 0 aliphatic carbocycles. The highest BCUT2D eigenvalue weighted by molar-refractivity contribution is 7.53. The zero-order valence-corrected chi connectivity index (χ0v) is 17.8. The van der Waals surface area contributed by atoms with Gasteiger partial charge in [0.15, 0.2) is 6.23 Å². The van der Waals surface area contributed by atoms with Crippen LogP contribution < -0.4 is 11.2 Å². The summed E-state index contributed by atoms with van der Waals surface area (Å²) in [5.41, 5.74) is -1.44. The van der Waals surface area contributed by atoms with Gasteiger partial charge in [0.2, 0.25) is 0 Å². The van der Waals surface area contributed by atoms with E-state index in [9.17, 15) is 34.6 Å². The van der Waals surface area contributed by atoms with Gasteiger partial charge < -0.3 is 34.2 Å². The average molecular weight is 465 g/mol. The molecule has 0 amide bonds. The first-order valence-electron chi connectivity index (χ1n) is 9.93. The number of rotatable bonds is 9. The zero-order chi connectivity index (χ0) is 22.8. The van der Waals surface area contributed by atoms with Crippen molar-refractivity contribution in [3.63, 3.8) is 0 Å². The summed E-state index contributed by atoms with van der Waals surface area (Å²) < 4.78 is 30.3. The standard InChI is InChI=1S/C17H28N3O10P/c1-2-28-31(27,6-5-19-7-10(21)11(22)8-19)29-9-12-14(24)15(25)16(30-12)20-4-3-13(23)18-17(20)26/h3-4,10-12,14-16,21-22,24-25H,2,5-9H2,1H3,(H,18,23,26)/t10-,11-,12-,14-,15-,16-,31?/m1/s1. The predicted octanol–water partition coefficient (Wildman–Crippen LogP) is -2.56. The Bertz CT molecular complexity index is 897. The number of likely N-dealkylation sites (tertiary alicyclic amines) is 1. The second kappa shape index (κ2) is 10.0. The van der Waals surface area contributed by atoms with Crippen LogP contribution in [-0.4, -0.2) is 104 Å². The van der Waals surface area contributed by atoms with Gasteiger partial charge in [-0.25, -0.2) is 4.79 Å². The van der Waals surface area contributed by atoms with E-state index in [1.807, 2.05) is 4.98 Å². The van der Waals surface area contributed by atoms with Crippen LogP contribution in [0.2, 0.25) is 0 Å². The van der Waals surface area contributed by atoms with E-state index in [1.54, 1.807) is 11.8 Å². The van der Waals surface area contributed by atoms with Crippen LogP contribution in [-0.2, 0) is 18.3 Å². The number of hydrogen-bond acceptors (Lipinski definition) is 11. The van der Waals surface area contributed by atoms with Crippen LogP contribution in [0.15, 0.2) is 21.9 Å². The Hall–Kier alpha value is -1.41. The molecular weight excluding hydrogens is 437 g/mol. The van der Waals surface area contributed by atoms with Gasteiger partial charge in [0, 0.05) is 31.9 Å². The Kier molecular flexibility index (Phi) is 7.84. The van der Waals surface area contributed by atoms with Gasteiger partial charge in [-0.2, -0.15) is 0 Å². The molecule has 176 valence electrons. The number of H-pyrrole nitrogens is 1. The van der Waals surface area contributed by atoms with E-state index in [1.165, 1.54) is 0 Å². The molecule has 1 aromatic heterocycles. The molecule has 1 aromatic rings. The fraction of sp³-hybridized carbons (Fsp3) is 0.765. The monoisotopic (exact) mass is 465 g/mol. The number of aliphatic hydroxyl groups is 4. The van der Waals surface area contributed by atoms with E-state index in [2.05, 4.69) is 0 Å². The van der Waals surface area contributed by atoms with E-state index in [4.69, 9.17) is 13.8 Å². The maximum atomic E-state index is 13.0. The second-order valence-electron chi connectivity index (χ2n) is 7.51. The van der Waals surface area contributed by atoms with E-state index in [0.717, 1.165) is 16.8 Å². The lowest BCUT2D eigenvalue weighted by Crippen LogP contribution is -2.37. The summed E-state index contributed by atoms with van der Waals surface area (Å²) in [6.07, 6.45) is -5.94. The van der Waals surface area contributed by atoms with E-state index < -0.39 is 55.6 Å². The summed E-state index contributed by atoms with van der Waals surface area (Å²) in [6, 6.07) is 1.07. The number of aliphatic hydroxyl groups excluding tert-OH is 4. The van der Waals surface area contributed by atoms with Crippen molar-refractivity contribution in [2.75, 3.05) is 39.0 Å². The molecule has 31 heavy (non-hydrogen) atoms. The first-order valence-corrected chi connectivity index (χ1v) is 11.7. The normalized spacial score (nSPS) is 33.6. The van der Waals surface area contributed by atoms with Crippen LogP contribution >= 0.6 is 7.60 Å². The molecule has 0 saturated carbocycles. The third kappa shape index (κ3) is 5.69. The van der Waals surface area contributed by atoms with E-state index >= 15 is 0 Å². The summed E-state index contributed by atoms with van der Waals surface area (Å²) in [7, 11) is -3.61. The Labute approximate surface area is 177 Å². The average Bonchev–Trinajstić information content (AvgIpc) is 3.18. The molecule has 3 heterocycles. The van der Waals surface area contributed by atoms with E-state index in [0.29, 0.717) is 0 Å². The molecule has 0 aromatic carbocycles. The van der Waals surface area contributed by atoms with Crippen LogP contribution in [0.3, 0.4) is 0 Å². The largest absolute Gasteiger partial charge is 0.389 e. The molecule has 13 nitrogen and oxygen atoms in total. The summed E-state index contributed by atoms with van der Waals surface area (Å²) in [5, 5.41) is 39.8. The minimum atomic E-state index is -3.61. The maximum Gasteiger partial charge on any atom is 0.332 e. The molecule has 2 aliphatic heterocycles. The molecule has 3 rings (SSSR count). The number of aromatic nitrogens is 2. The van der Waals surface area contributed by atoms with Crippen molar-refractivity contribution >= 4 is 7.60 Å². The Morgan fingerprint density at radius 2 is 1.84 bits per heavy atom. The van der Waals surface area contributed by atoms with Crippen LogP contribution in [0, 0.1) is 0 Å². The fourth-order valence-corrected chi connectivity index (χ4v) is 5.20. The smallest absolute Gasteiger partial charge is 0.332 e. The molecule has 5 N–H and O–H groups in total. The number of nitrogens with zero attached hydrogens (tertiary/aromatic N) is 2. The van der Waals surface area contributed by atoms with Gasteiger partial charge in [0.1, 0.15) is 18.3 Å². The number of β-amino-alcohol motifs (C(OH)–C–C–N with tert-alkyl or cyclic N) is 2. The lowest BCUT2D eigenvalue weighted by atomic mass is 10.1. The van der Waals surface area contributed by atoms with Gasteiger partial charge in [0.05, 0.1) is 31.6 Å². The summed E-state index contributed by atoms with van der Waals surface area (Å²) in [6.45, 7) is 2.09. The molecule has 2 saturated heterocycles. The first kappa shape index (κ1) is 24.2. The van der Waals surface area contributed by atoms with Crippen molar-refractivity contribution in [2.45, 2.75) is 43.7 Å². The minimum Gasteiger partial charge on any atom is -0.389 e. The van der Waals surface area contributed by atoms with Crippen molar-refractivity contribution < 1.29 is 38.8 Å². The third-order valence-corrected chi connectivity index (χ3v) is 7.19. The quantitative estimate of drug-likeness (QED) is 0.242. The van der Waals surface area contributed by atoms with Crippen molar-refractivity contribution in [2.24, 2.45) is 0 Å². The minimum absolute atomic E-state index is 0.0194. The van der Waals surface area contributed by atoms with E-state index in [-0.39, 0.29) is 39.0 Å². The number of hydrogen-bond donors (Lipinski definition) is 5. The summed E-state index contributed by atoms with van der Waals surface area (Å²) >= 11 is 0. The Morgan fingerprint density at radius 3 is 2.45 bits per heavy atom. The van der Waals surface area contributed by atoms with Gasteiger partial charge in [-0.05, 0) is 6.92 Å². The zero-order valence-electron chi connectivity index (χ0n) is 16.9. The van der Waals surface area contributed by atoms with Crippen molar-refractivity contribution in [3.8, 4) is 0 Å². The molecule has 2 aliphatic rings. The van der Waals surface area contributed by atoms with Crippen molar-refractivity contribution in [3.05, 3.63) is 33.1 Å². The molecule has 2 fully saturated rings. The second-order valence-corrected chi connectivity index (χ2v) is 9.69. The highest BCUT2D eigenvalue weighted by Crippen LogP contribution is 2.48. The third-order valence-electron chi connectivity index (χ3n) is 5.25. The molecule has 14 heteroatoms. The van der Waals surface area contributed by atoms with Crippen molar-refractivity contribution in [1.29, 1.82) is 0 Å². The van der Waals surface area contributed by atoms with Crippen molar-refractivity contribution in [1.82, 2.24) is 14.5 Å². The maximum absolute atomic E-state index is 13.0. The van der Waals surface area contributed by atoms with Crippen LogP contribution in [0.25, 0.3) is 0 Å². The van der Waals surface area contributed by atoms with Gasteiger partial charge in [-0.1, -0.05) is 0 Å². The lowest BCUT2D eigenvalue weighted by molar-refractivity contribution is -0.0530. The first-order chi connectivity index (χ1) is 14.6. The van der Waals surface area contributed by atoms with Gasteiger partial charge in [-0.3, -0.25) is 23.8 Å². The fourth-order valence-electron chi connectivity index (χ4n) is 3.57. The number of aromatic amines is 1. The Morgan fingerprint density at radius 1 is 1.16 bits per heavy atom. The number of nitrogens with one attached hydrogen (secondary N) is 1. The van der Waals surface area contributed by atoms with Crippen LogP contribution in [0.5, 0.6) is 0 Å². The highest BCUT2D eigenvalue weighted by Gasteiger charge is 2.45. The molecular formula is C17H28N3O10P. The highest BCUT2D eigenvalue weighted by atomic mass is 31.2. The molecule has 1 unspecified atom stereocenters. The SMILES string of the molecule is CCOP(=O)(CCN1C[C@@H](O)[C@H](O)C1)OC[C@H]1O[C@@H](n2ccc(=O)[nH]c2=O)[C@H](O)[C@@H]1O. The summed E-state index contributed by atoms with van der Waals surface area (Å²) in [4.78, 5) is 26.9. The topological polar surface area (TPSA) is 184 Å². The van der Waals surface area contributed by atoms with Crippen LogP contribution in [0.4, 0.5) is 0 Å². The lowest BCUT2D eigenvalue weighted by Gasteiger charge is -2.23. The van der Waals surface area contributed by atoms with Gasteiger partial charge in [-0.15, -0.1) is 0 Å². The molecule has 7 atom stereocenters. The summed E-state index contributed by atoms with van der Waals surface area (Å²) in [5.74, 6) is 0. The van der Waals surface area contributed by atoms with Gasteiger partial charge >= 0.3 is 13.3 Å². The molecule has 0 spiro atoms. The predicted molar refractivity (Wildman–Crippen MR) is 106 cm³/mol. The molecule has 0 radical (unpaired) electrons.